The number of amides is 2. The first-order valence-corrected chi connectivity index (χ1v) is 7.08. The largest absolute Gasteiger partial charge is 0.507 e. The molecule has 0 unspecified atom stereocenters. The quantitative estimate of drug-likeness (QED) is 0.446. The molecular formula is C16H14ClN3O3. The molecule has 0 aliphatic carbocycles. The van der Waals surface area contributed by atoms with Crippen LogP contribution in [-0.2, 0) is 9.59 Å². The molecule has 3 N–H and O–H groups in total. The van der Waals surface area contributed by atoms with Crippen molar-refractivity contribution in [2.75, 3.05) is 5.32 Å². The molecule has 2 aromatic rings. The van der Waals surface area contributed by atoms with Crippen LogP contribution < -0.4 is 10.7 Å². The number of phenols is 1. The Bertz CT molecular complexity index is 733. The molecule has 2 rings (SSSR count). The van der Waals surface area contributed by atoms with E-state index in [1.54, 1.807) is 24.3 Å². The second kappa shape index (κ2) is 7.95. The third kappa shape index (κ3) is 5.44. The van der Waals surface area contributed by atoms with Crippen LogP contribution >= 0.6 is 11.6 Å². The molecule has 23 heavy (non-hydrogen) atoms. The van der Waals surface area contributed by atoms with Crippen molar-refractivity contribution in [1.82, 2.24) is 5.43 Å². The SMILES string of the molecule is O=C(CC(=O)Nc1ccccc1)NN=Cc1cc(Cl)ccc1O. The second-order valence-electron chi connectivity index (χ2n) is 4.59. The van der Waals surface area contributed by atoms with Gasteiger partial charge < -0.3 is 10.4 Å². The van der Waals surface area contributed by atoms with Gasteiger partial charge in [-0.2, -0.15) is 5.10 Å². The topological polar surface area (TPSA) is 90.8 Å². The Balaban J connectivity index is 1.84. The van der Waals surface area contributed by atoms with Gasteiger partial charge in [0.1, 0.15) is 12.2 Å². The van der Waals surface area contributed by atoms with Crippen molar-refractivity contribution in [3.05, 3.63) is 59.1 Å². The van der Waals surface area contributed by atoms with E-state index >= 15 is 0 Å². The molecule has 2 aromatic carbocycles. The first kappa shape index (κ1) is 16.5. The third-order valence-corrected chi connectivity index (χ3v) is 3.00. The minimum absolute atomic E-state index is 0.0192. The average Bonchev–Trinajstić information content (AvgIpc) is 2.51. The zero-order chi connectivity index (χ0) is 16.7. The van der Waals surface area contributed by atoms with Crippen molar-refractivity contribution in [2.45, 2.75) is 6.42 Å². The summed E-state index contributed by atoms with van der Waals surface area (Å²) in [4.78, 5) is 23.3. The number of hydrazone groups is 1. The van der Waals surface area contributed by atoms with Gasteiger partial charge in [-0.15, -0.1) is 0 Å². The van der Waals surface area contributed by atoms with Gasteiger partial charge in [0.25, 0.3) is 0 Å². The van der Waals surface area contributed by atoms with E-state index in [2.05, 4.69) is 15.8 Å². The summed E-state index contributed by atoms with van der Waals surface area (Å²) in [5.74, 6) is -1.04. The molecule has 6 nitrogen and oxygen atoms in total. The molecule has 0 aromatic heterocycles. The molecule has 7 heteroatoms. The van der Waals surface area contributed by atoms with Crippen molar-refractivity contribution in [3.63, 3.8) is 0 Å². The summed E-state index contributed by atoms with van der Waals surface area (Å²) in [7, 11) is 0. The van der Waals surface area contributed by atoms with Crippen LogP contribution in [0.15, 0.2) is 53.6 Å². The summed E-state index contributed by atoms with van der Waals surface area (Å²) in [6.45, 7) is 0. The molecule has 0 aliphatic rings. The van der Waals surface area contributed by atoms with E-state index < -0.39 is 11.8 Å². The summed E-state index contributed by atoms with van der Waals surface area (Å²) < 4.78 is 0. The number of para-hydroxylation sites is 1. The maximum Gasteiger partial charge on any atom is 0.249 e. The predicted molar refractivity (Wildman–Crippen MR) is 88.5 cm³/mol. The fourth-order valence-corrected chi connectivity index (χ4v) is 1.90. The Morgan fingerprint density at radius 1 is 1.13 bits per heavy atom. The molecule has 0 aliphatic heterocycles. The highest BCUT2D eigenvalue weighted by atomic mass is 35.5. The molecule has 0 saturated heterocycles. The van der Waals surface area contributed by atoms with Gasteiger partial charge in [0.2, 0.25) is 11.8 Å². The summed E-state index contributed by atoms with van der Waals surface area (Å²) in [5, 5.41) is 16.3. The van der Waals surface area contributed by atoms with E-state index in [0.29, 0.717) is 16.3 Å². The number of nitrogens with one attached hydrogen (secondary N) is 2. The van der Waals surface area contributed by atoms with Crippen LogP contribution in [0.2, 0.25) is 5.02 Å². The van der Waals surface area contributed by atoms with Crippen molar-refractivity contribution in [3.8, 4) is 5.75 Å². The van der Waals surface area contributed by atoms with Gasteiger partial charge in [-0.1, -0.05) is 29.8 Å². The second-order valence-corrected chi connectivity index (χ2v) is 5.02. The molecule has 0 bridgehead atoms. The number of phenolic OH excluding ortho intramolecular Hbond substituents is 1. The molecule has 0 heterocycles. The van der Waals surface area contributed by atoms with Crippen LogP contribution in [0.4, 0.5) is 5.69 Å². The fourth-order valence-electron chi connectivity index (χ4n) is 1.71. The number of rotatable bonds is 5. The lowest BCUT2D eigenvalue weighted by Gasteiger charge is -2.04. The van der Waals surface area contributed by atoms with Crippen LogP contribution in [0.1, 0.15) is 12.0 Å². The smallest absolute Gasteiger partial charge is 0.249 e. The number of carbonyl (C=O) groups is 2. The van der Waals surface area contributed by atoms with E-state index in [4.69, 9.17) is 11.6 Å². The Labute approximate surface area is 137 Å². The average molecular weight is 332 g/mol. The monoisotopic (exact) mass is 331 g/mol. The highest BCUT2D eigenvalue weighted by Gasteiger charge is 2.08. The van der Waals surface area contributed by atoms with Crippen molar-refractivity contribution in [2.24, 2.45) is 5.10 Å². The summed E-state index contributed by atoms with van der Waals surface area (Å²) >= 11 is 5.79. The first-order valence-electron chi connectivity index (χ1n) is 6.70. The van der Waals surface area contributed by atoms with Gasteiger partial charge in [-0.05, 0) is 30.3 Å². The molecule has 0 saturated carbocycles. The van der Waals surface area contributed by atoms with Gasteiger partial charge in [0.05, 0.1) is 6.21 Å². The van der Waals surface area contributed by atoms with Crippen LogP contribution in [-0.4, -0.2) is 23.1 Å². The number of aromatic hydroxyl groups is 1. The minimum atomic E-state index is -0.573. The molecule has 0 fully saturated rings. The Hall–Kier alpha value is -2.86. The van der Waals surface area contributed by atoms with Crippen LogP contribution in [0.3, 0.4) is 0 Å². The molecule has 2 amide bonds. The van der Waals surface area contributed by atoms with Crippen molar-refractivity contribution < 1.29 is 14.7 Å². The maximum absolute atomic E-state index is 11.7. The molecule has 0 radical (unpaired) electrons. The Kier molecular flexibility index (Phi) is 5.71. The zero-order valence-electron chi connectivity index (χ0n) is 12.0. The fraction of sp³-hybridized carbons (Fsp3) is 0.0625. The number of nitrogens with zero attached hydrogens (tertiary/aromatic N) is 1. The molecule has 0 spiro atoms. The summed E-state index contributed by atoms with van der Waals surface area (Å²) in [6, 6.07) is 13.2. The highest BCUT2D eigenvalue weighted by Crippen LogP contribution is 2.19. The van der Waals surface area contributed by atoms with Gasteiger partial charge in [0.15, 0.2) is 0 Å². The van der Waals surface area contributed by atoms with Gasteiger partial charge >= 0.3 is 0 Å². The van der Waals surface area contributed by atoms with Crippen molar-refractivity contribution in [1.29, 1.82) is 0 Å². The summed E-state index contributed by atoms with van der Waals surface area (Å²) in [5.41, 5.74) is 3.17. The van der Waals surface area contributed by atoms with Crippen LogP contribution in [0.25, 0.3) is 0 Å². The van der Waals surface area contributed by atoms with Crippen LogP contribution in [0, 0.1) is 0 Å². The van der Waals surface area contributed by atoms with E-state index in [0.717, 1.165) is 0 Å². The van der Waals surface area contributed by atoms with E-state index in [9.17, 15) is 14.7 Å². The molecule has 0 atom stereocenters. The highest BCUT2D eigenvalue weighted by molar-refractivity contribution is 6.30. The zero-order valence-corrected chi connectivity index (χ0v) is 12.7. The minimum Gasteiger partial charge on any atom is -0.507 e. The number of anilines is 1. The van der Waals surface area contributed by atoms with Crippen LogP contribution in [0.5, 0.6) is 5.75 Å². The lowest BCUT2D eigenvalue weighted by Crippen LogP contribution is -2.24. The van der Waals surface area contributed by atoms with Crippen molar-refractivity contribution >= 4 is 35.3 Å². The third-order valence-electron chi connectivity index (χ3n) is 2.76. The van der Waals surface area contributed by atoms with E-state index in [-0.39, 0.29) is 12.2 Å². The normalized spacial score (nSPS) is 10.5. The number of carbonyl (C=O) groups excluding carboxylic acids is 2. The Morgan fingerprint density at radius 2 is 1.87 bits per heavy atom. The summed E-state index contributed by atoms with van der Waals surface area (Å²) in [6.07, 6.45) is 0.877. The lowest BCUT2D eigenvalue weighted by molar-refractivity contribution is -0.126. The molecule has 118 valence electrons. The van der Waals surface area contributed by atoms with Gasteiger partial charge in [-0.3, -0.25) is 9.59 Å². The van der Waals surface area contributed by atoms with E-state index in [1.807, 2.05) is 6.07 Å². The number of halogens is 1. The Morgan fingerprint density at radius 3 is 2.61 bits per heavy atom. The first-order chi connectivity index (χ1) is 11.0. The van der Waals surface area contributed by atoms with E-state index in [1.165, 1.54) is 24.4 Å². The maximum atomic E-state index is 11.7. The lowest BCUT2D eigenvalue weighted by atomic mass is 10.2. The number of benzene rings is 2. The predicted octanol–water partition coefficient (Wildman–Crippen LogP) is 2.52. The number of hydrogen-bond acceptors (Lipinski definition) is 4. The number of hydrogen-bond donors (Lipinski definition) is 3. The van der Waals surface area contributed by atoms with Gasteiger partial charge in [0, 0.05) is 16.3 Å². The molecular weight excluding hydrogens is 318 g/mol. The standard InChI is InChI=1S/C16H14ClN3O3/c17-12-6-7-14(21)11(8-12)10-18-20-16(23)9-15(22)19-13-4-2-1-3-5-13/h1-8,10,21H,9H2,(H,19,22)(H,20,23). The van der Waals surface area contributed by atoms with Gasteiger partial charge in [-0.25, -0.2) is 5.43 Å².